The SMILES string of the molecule is Cc1cc(C#N)ccc1NC(C)c1ccsc1. The van der Waals surface area contributed by atoms with Gasteiger partial charge in [-0.2, -0.15) is 16.6 Å². The molecule has 2 nitrogen and oxygen atoms in total. The second-order valence-corrected chi connectivity index (χ2v) is 4.84. The van der Waals surface area contributed by atoms with Crippen LogP contribution in [0.25, 0.3) is 0 Å². The molecule has 0 fully saturated rings. The molecule has 1 aromatic carbocycles. The maximum Gasteiger partial charge on any atom is 0.0991 e. The van der Waals surface area contributed by atoms with Crippen LogP contribution < -0.4 is 5.32 Å². The molecule has 1 N–H and O–H groups in total. The number of benzene rings is 1. The molecular weight excluding hydrogens is 228 g/mol. The maximum atomic E-state index is 8.82. The van der Waals surface area contributed by atoms with Crippen LogP contribution in [0.5, 0.6) is 0 Å². The smallest absolute Gasteiger partial charge is 0.0991 e. The Bertz CT molecular complexity index is 538. The lowest BCUT2D eigenvalue weighted by atomic mass is 10.1. The third kappa shape index (κ3) is 2.66. The van der Waals surface area contributed by atoms with E-state index in [4.69, 9.17) is 5.26 Å². The molecule has 17 heavy (non-hydrogen) atoms. The Hall–Kier alpha value is -1.79. The molecule has 2 rings (SSSR count). The number of aryl methyl sites for hydroxylation is 1. The topological polar surface area (TPSA) is 35.8 Å². The quantitative estimate of drug-likeness (QED) is 0.879. The van der Waals surface area contributed by atoms with Crippen LogP contribution in [-0.2, 0) is 0 Å². The van der Waals surface area contributed by atoms with E-state index < -0.39 is 0 Å². The van der Waals surface area contributed by atoms with Crippen LogP contribution in [-0.4, -0.2) is 0 Å². The molecule has 3 heteroatoms. The molecule has 0 spiro atoms. The van der Waals surface area contributed by atoms with Crippen LogP contribution in [0.1, 0.15) is 29.7 Å². The number of rotatable bonds is 3. The Kier molecular flexibility index (Phi) is 3.46. The van der Waals surface area contributed by atoms with Crippen molar-refractivity contribution >= 4 is 17.0 Å². The number of thiophene rings is 1. The van der Waals surface area contributed by atoms with E-state index in [0.29, 0.717) is 5.56 Å². The monoisotopic (exact) mass is 242 g/mol. The Balaban J connectivity index is 2.17. The van der Waals surface area contributed by atoms with Crippen molar-refractivity contribution in [1.82, 2.24) is 0 Å². The zero-order valence-electron chi connectivity index (χ0n) is 9.90. The standard InChI is InChI=1S/C14H14N2S/c1-10-7-12(8-15)3-4-14(10)16-11(2)13-5-6-17-9-13/h3-7,9,11,16H,1-2H3. The zero-order valence-corrected chi connectivity index (χ0v) is 10.7. The fourth-order valence-electron chi connectivity index (χ4n) is 1.73. The largest absolute Gasteiger partial charge is 0.378 e. The zero-order chi connectivity index (χ0) is 12.3. The molecule has 0 amide bonds. The molecule has 0 radical (unpaired) electrons. The highest BCUT2D eigenvalue weighted by molar-refractivity contribution is 7.07. The molecule has 1 heterocycles. The van der Waals surface area contributed by atoms with Gasteiger partial charge in [-0.1, -0.05) is 0 Å². The Morgan fingerprint density at radius 2 is 2.18 bits per heavy atom. The van der Waals surface area contributed by atoms with Crippen LogP contribution in [0.2, 0.25) is 0 Å². The summed E-state index contributed by atoms with van der Waals surface area (Å²) >= 11 is 1.71. The highest BCUT2D eigenvalue weighted by Crippen LogP contribution is 2.24. The van der Waals surface area contributed by atoms with Gasteiger partial charge in [0.05, 0.1) is 11.6 Å². The molecular formula is C14H14N2S. The molecule has 2 aromatic rings. The molecule has 0 bridgehead atoms. The maximum absolute atomic E-state index is 8.82. The van der Waals surface area contributed by atoms with Crippen LogP contribution in [0.4, 0.5) is 5.69 Å². The number of nitriles is 1. The number of hydrogen-bond acceptors (Lipinski definition) is 3. The number of nitrogens with one attached hydrogen (secondary N) is 1. The van der Waals surface area contributed by atoms with E-state index in [-0.39, 0.29) is 6.04 Å². The van der Waals surface area contributed by atoms with E-state index in [1.807, 2.05) is 25.1 Å². The second kappa shape index (κ2) is 5.03. The highest BCUT2D eigenvalue weighted by atomic mass is 32.1. The molecule has 1 aromatic heterocycles. The molecule has 0 saturated carbocycles. The first kappa shape index (κ1) is 11.7. The highest BCUT2D eigenvalue weighted by Gasteiger charge is 2.07. The first-order valence-electron chi connectivity index (χ1n) is 5.50. The molecule has 0 saturated heterocycles. The summed E-state index contributed by atoms with van der Waals surface area (Å²) in [5.74, 6) is 0. The van der Waals surface area contributed by atoms with Crippen LogP contribution >= 0.6 is 11.3 Å². The van der Waals surface area contributed by atoms with Crippen molar-refractivity contribution in [2.45, 2.75) is 19.9 Å². The Labute approximate surface area is 106 Å². The van der Waals surface area contributed by atoms with Gasteiger partial charge in [0.15, 0.2) is 0 Å². The first-order chi connectivity index (χ1) is 8.20. The lowest BCUT2D eigenvalue weighted by Gasteiger charge is -2.16. The number of nitrogens with zero attached hydrogens (tertiary/aromatic N) is 1. The minimum Gasteiger partial charge on any atom is -0.378 e. The third-order valence-corrected chi connectivity index (χ3v) is 3.47. The van der Waals surface area contributed by atoms with Crippen molar-refractivity contribution in [3.63, 3.8) is 0 Å². The predicted octanol–water partition coefficient (Wildman–Crippen LogP) is 4.10. The van der Waals surface area contributed by atoms with Crippen molar-refractivity contribution in [2.24, 2.45) is 0 Å². The van der Waals surface area contributed by atoms with E-state index in [0.717, 1.165) is 11.3 Å². The Morgan fingerprint density at radius 1 is 1.35 bits per heavy atom. The van der Waals surface area contributed by atoms with Gasteiger partial charge in [-0.3, -0.25) is 0 Å². The average Bonchev–Trinajstić information content (AvgIpc) is 2.85. The van der Waals surface area contributed by atoms with Crippen LogP contribution in [0, 0.1) is 18.3 Å². The fourth-order valence-corrected chi connectivity index (χ4v) is 2.49. The van der Waals surface area contributed by atoms with Gasteiger partial charge in [0.1, 0.15) is 0 Å². The van der Waals surface area contributed by atoms with Crippen molar-refractivity contribution < 1.29 is 0 Å². The van der Waals surface area contributed by atoms with Gasteiger partial charge < -0.3 is 5.32 Å². The van der Waals surface area contributed by atoms with Crippen molar-refractivity contribution in [3.05, 3.63) is 51.7 Å². The normalized spacial score (nSPS) is 11.8. The lowest BCUT2D eigenvalue weighted by Crippen LogP contribution is -2.06. The van der Waals surface area contributed by atoms with E-state index >= 15 is 0 Å². The summed E-state index contributed by atoms with van der Waals surface area (Å²) in [7, 11) is 0. The van der Waals surface area contributed by atoms with Gasteiger partial charge in [-0.05, 0) is 60.0 Å². The first-order valence-corrected chi connectivity index (χ1v) is 6.44. The molecule has 0 aliphatic carbocycles. The van der Waals surface area contributed by atoms with Gasteiger partial charge in [-0.15, -0.1) is 0 Å². The van der Waals surface area contributed by atoms with E-state index in [1.54, 1.807) is 11.3 Å². The van der Waals surface area contributed by atoms with Gasteiger partial charge in [0, 0.05) is 11.7 Å². The van der Waals surface area contributed by atoms with Gasteiger partial charge >= 0.3 is 0 Å². The van der Waals surface area contributed by atoms with Crippen LogP contribution in [0.15, 0.2) is 35.0 Å². The van der Waals surface area contributed by atoms with E-state index in [1.165, 1.54) is 5.56 Å². The van der Waals surface area contributed by atoms with Gasteiger partial charge in [0.25, 0.3) is 0 Å². The van der Waals surface area contributed by atoms with Crippen molar-refractivity contribution in [2.75, 3.05) is 5.32 Å². The summed E-state index contributed by atoms with van der Waals surface area (Å²) in [6.45, 7) is 4.16. The van der Waals surface area contributed by atoms with Gasteiger partial charge in [-0.25, -0.2) is 0 Å². The molecule has 0 aliphatic heterocycles. The molecule has 0 aliphatic rings. The summed E-state index contributed by atoms with van der Waals surface area (Å²) < 4.78 is 0. The molecule has 86 valence electrons. The van der Waals surface area contributed by atoms with Crippen LogP contribution in [0.3, 0.4) is 0 Å². The summed E-state index contributed by atoms with van der Waals surface area (Å²) in [6, 6.07) is 10.3. The lowest BCUT2D eigenvalue weighted by molar-refractivity contribution is 0.888. The minimum absolute atomic E-state index is 0.285. The summed E-state index contributed by atoms with van der Waals surface area (Å²) in [5.41, 5.74) is 4.18. The third-order valence-electron chi connectivity index (χ3n) is 2.77. The minimum atomic E-state index is 0.285. The molecule has 1 unspecified atom stereocenters. The second-order valence-electron chi connectivity index (χ2n) is 4.06. The number of hydrogen-bond donors (Lipinski definition) is 1. The van der Waals surface area contributed by atoms with Gasteiger partial charge in [0.2, 0.25) is 0 Å². The number of anilines is 1. The summed E-state index contributed by atoms with van der Waals surface area (Å²) in [4.78, 5) is 0. The fraction of sp³-hybridized carbons (Fsp3) is 0.214. The van der Waals surface area contributed by atoms with Crippen molar-refractivity contribution in [3.8, 4) is 6.07 Å². The van der Waals surface area contributed by atoms with Crippen molar-refractivity contribution in [1.29, 1.82) is 5.26 Å². The predicted molar refractivity (Wildman–Crippen MR) is 72.3 cm³/mol. The summed E-state index contributed by atoms with van der Waals surface area (Å²) in [5, 5.41) is 16.5. The van der Waals surface area contributed by atoms with E-state index in [2.05, 4.69) is 35.1 Å². The average molecular weight is 242 g/mol. The Morgan fingerprint density at radius 3 is 2.76 bits per heavy atom. The molecule has 1 atom stereocenters. The van der Waals surface area contributed by atoms with E-state index in [9.17, 15) is 0 Å². The summed E-state index contributed by atoms with van der Waals surface area (Å²) in [6.07, 6.45) is 0.